The molecule has 1 aliphatic carbocycles. The van der Waals surface area contributed by atoms with Crippen molar-refractivity contribution in [3.05, 3.63) is 57.2 Å². The summed E-state index contributed by atoms with van der Waals surface area (Å²) in [5.41, 5.74) is 3.05. The first-order valence-electron chi connectivity index (χ1n) is 9.10. The monoisotopic (exact) mass is 393 g/mol. The molecule has 6 nitrogen and oxygen atoms in total. The number of hydrogen-bond donors (Lipinski definition) is 2. The van der Waals surface area contributed by atoms with Crippen molar-refractivity contribution in [2.24, 2.45) is 5.92 Å². The fraction of sp³-hybridized carbons (Fsp3) is 0.286. The van der Waals surface area contributed by atoms with Crippen LogP contribution in [0.5, 0.6) is 0 Å². The minimum atomic E-state index is -0.472. The van der Waals surface area contributed by atoms with Crippen LogP contribution in [-0.4, -0.2) is 27.7 Å². The molecule has 0 aliphatic heterocycles. The van der Waals surface area contributed by atoms with E-state index in [1.54, 1.807) is 11.3 Å². The number of allylic oxidation sites excluding steroid dienone is 1. The van der Waals surface area contributed by atoms with E-state index in [2.05, 4.69) is 16.9 Å². The first-order valence-corrected chi connectivity index (χ1v) is 9.98. The Bertz CT molecular complexity index is 1090. The van der Waals surface area contributed by atoms with Crippen LogP contribution in [0.4, 0.5) is 0 Å². The number of fused-ring (bicyclic) bond motifs is 2. The maximum atomic E-state index is 12.5. The van der Waals surface area contributed by atoms with Gasteiger partial charge < -0.3 is 14.8 Å². The van der Waals surface area contributed by atoms with Gasteiger partial charge in [-0.05, 0) is 42.9 Å². The van der Waals surface area contributed by atoms with E-state index >= 15 is 0 Å². The van der Waals surface area contributed by atoms with Gasteiger partial charge in [0.2, 0.25) is 0 Å². The number of benzene rings is 1. The van der Waals surface area contributed by atoms with Crippen LogP contribution in [0, 0.1) is 17.2 Å². The summed E-state index contributed by atoms with van der Waals surface area (Å²) in [7, 11) is 0. The van der Waals surface area contributed by atoms with Gasteiger partial charge in [-0.15, -0.1) is 11.3 Å². The predicted molar refractivity (Wildman–Crippen MR) is 107 cm³/mol. The van der Waals surface area contributed by atoms with E-state index in [4.69, 9.17) is 4.74 Å². The van der Waals surface area contributed by atoms with Gasteiger partial charge in [0.15, 0.2) is 11.6 Å². The molecule has 0 spiro atoms. The number of carbonyl (C=O) groups is 1. The average molecular weight is 393 g/mol. The number of carbonyl (C=O) groups excluding carboxylic acids is 1. The Balaban J connectivity index is 1.52. The molecule has 1 atom stereocenters. The van der Waals surface area contributed by atoms with Crippen LogP contribution in [0.2, 0.25) is 0 Å². The molecule has 0 fully saturated rings. The molecule has 2 N–H and O–H groups in total. The zero-order valence-corrected chi connectivity index (χ0v) is 16.2. The van der Waals surface area contributed by atoms with E-state index in [0.717, 1.165) is 30.3 Å². The second-order valence-electron chi connectivity index (χ2n) is 7.01. The molecular weight excluding hydrogens is 374 g/mol. The van der Waals surface area contributed by atoms with Gasteiger partial charge in [-0.2, -0.15) is 5.26 Å². The third-order valence-corrected chi connectivity index (χ3v) is 6.04. The summed E-state index contributed by atoms with van der Waals surface area (Å²) in [5.74, 6) is 0.0799. The van der Waals surface area contributed by atoms with Crippen LogP contribution in [0.15, 0.2) is 35.4 Å². The predicted octanol–water partition coefficient (Wildman–Crippen LogP) is 4.40. The van der Waals surface area contributed by atoms with Crippen molar-refractivity contribution in [2.45, 2.75) is 26.2 Å². The molecule has 0 amide bonds. The van der Waals surface area contributed by atoms with Crippen molar-refractivity contribution in [1.82, 2.24) is 9.97 Å². The summed E-state index contributed by atoms with van der Waals surface area (Å²) in [5, 5.41) is 21.6. The molecule has 142 valence electrons. The van der Waals surface area contributed by atoms with Gasteiger partial charge >= 0.3 is 5.97 Å². The Kier molecular flexibility index (Phi) is 4.88. The number of aromatic amines is 1. The highest BCUT2D eigenvalue weighted by molar-refractivity contribution is 7.10. The number of aliphatic hydroxyl groups is 1. The summed E-state index contributed by atoms with van der Waals surface area (Å²) in [6.07, 6.45) is 2.91. The summed E-state index contributed by atoms with van der Waals surface area (Å²) >= 11 is 1.59. The van der Waals surface area contributed by atoms with E-state index in [1.165, 1.54) is 4.88 Å². The van der Waals surface area contributed by atoms with E-state index < -0.39 is 5.97 Å². The van der Waals surface area contributed by atoms with E-state index in [1.807, 2.05) is 35.7 Å². The van der Waals surface area contributed by atoms with Crippen molar-refractivity contribution in [2.75, 3.05) is 6.61 Å². The van der Waals surface area contributed by atoms with Gasteiger partial charge in [-0.25, -0.2) is 9.78 Å². The number of rotatable bonds is 4. The molecule has 0 unspecified atom stereocenters. The molecule has 0 bridgehead atoms. The molecule has 2 heterocycles. The quantitative estimate of drug-likeness (QED) is 0.389. The number of nitriles is 1. The third-order valence-electron chi connectivity index (χ3n) is 4.99. The average Bonchev–Trinajstić information content (AvgIpc) is 3.30. The molecular formula is C21H19N3O3S. The molecule has 3 aromatic rings. The lowest BCUT2D eigenvalue weighted by molar-refractivity contribution is 0.0501. The zero-order valence-electron chi connectivity index (χ0n) is 15.4. The number of hydrogen-bond acceptors (Lipinski definition) is 6. The number of para-hydroxylation sites is 2. The number of nitrogens with zero attached hydrogens (tertiary/aromatic N) is 2. The standard InChI is InChI=1S/C21H19N3O3S/c1-12-6-7-13-15(11-28-19(13)8-12)21(26)27-10-18(25)14(9-22)20-23-16-4-2-3-5-17(16)24-20/h2-5,11-12,25H,6-8,10H2,1H3,(H,23,24)/b18-14-/t12-/m1/s1. The van der Waals surface area contributed by atoms with Gasteiger partial charge in [0, 0.05) is 10.3 Å². The van der Waals surface area contributed by atoms with Crippen molar-refractivity contribution < 1.29 is 14.6 Å². The molecule has 2 aromatic heterocycles. The molecule has 0 saturated heterocycles. The Morgan fingerprint density at radius 1 is 1.46 bits per heavy atom. The molecule has 0 saturated carbocycles. The summed E-state index contributed by atoms with van der Waals surface area (Å²) in [6.45, 7) is 1.84. The number of H-pyrrole nitrogens is 1. The van der Waals surface area contributed by atoms with Crippen LogP contribution in [0.3, 0.4) is 0 Å². The molecule has 7 heteroatoms. The smallest absolute Gasteiger partial charge is 0.339 e. The molecule has 28 heavy (non-hydrogen) atoms. The number of nitrogens with one attached hydrogen (secondary N) is 1. The van der Waals surface area contributed by atoms with Gasteiger partial charge in [0.1, 0.15) is 18.2 Å². The van der Waals surface area contributed by atoms with E-state index in [0.29, 0.717) is 17.0 Å². The second-order valence-corrected chi connectivity index (χ2v) is 7.98. The summed E-state index contributed by atoms with van der Waals surface area (Å²) in [4.78, 5) is 21.0. The number of aliphatic hydroxyl groups excluding tert-OH is 1. The zero-order chi connectivity index (χ0) is 19.7. The first-order chi connectivity index (χ1) is 13.6. The maximum Gasteiger partial charge on any atom is 0.339 e. The normalized spacial score (nSPS) is 16.9. The number of aromatic nitrogens is 2. The van der Waals surface area contributed by atoms with Crippen molar-refractivity contribution in [1.29, 1.82) is 5.26 Å². The highest BCUT2D eigenvalue weighted by Gasteiger charge is 2.24. The van der Waals surface area contributed by atoms with Crippen molar-refractivity contribution in [3.63, 3.8) is 0 Å². The maximum absolute atomic E-state index is 12.5. The molecule has 1 aliphatic rings. The third kappa shape index (κ3) is 3.39. The second kappa shape index (κ2) is 7.49. The summed E-state index contributed by atoms with van der Waals surface area (Å²) < 4.78 is 5.29. The minimum absolute atomic E-state index is 0.0369. The lowest BCUT2D eigenvalue weighted by Gasteiger charge is -2.18. The van der Waals surface area contributed by atoms with Gasteiger partial charge in [0.25, 0.3) is 0 Å². The van der Waals surface area contributed by atoms with E-state index in [-0.39, 0.29) is 23.8 Å². The number of imidazole rings is 1. The van der Waals surface area contributed by atoms with Crippen LogP contribution >= 0.6 is 11.3 Å². The highest BCUT2D eigenvalue weighted by Crippen LogP contribution is 2.33. The molecule has 0 radical (unpaired) electrons. The molecule has 4 rings (SSSR count). The van der Waals surface area contributed by atoms with Crippen LogP contribution < -0.4 is 0 Å². The Labute approximate surface area is 166 Å². The largest absolute Gasteiger partial charge is 0.507 e. The fourth-order valence-corrected chi connectivity index (χ4v) is 4.69. The Morgan fingerprint density at radius 3 is 3.07 bits per heavy atom. The van der Waals surface area contributed by atoms with Crippen LogP contribution in [0.1, 0.15) is 40.0 Å². The van der Waals surface area contributed by atoms with Gasteiger partial charge in [-0.3, -0.25) is 0 Å². The fourth-order valence-electron chi connectivity index (χ4n) is 3.46. The van der Waals surface area contributed by atoms with Crippen molar-refractivity contribution in [3.8, 4) is 6.07 Å². The minimum Gasteiger partial charge on any atom is -0.507 e. The van der Waals surface area contributed by atoms with Crippen molar-refractivity contribution >= 4 is 33.9 Å². The SMILES string of the molecule is C[C@@H]1CCc2c(C(=O)OC/C(O)=C(\C#N)c3nc4ccccc4[nH]3)csc2C1. The topological polar surface area (TPSA) is 99.0 Å². The number of thiophene rings is 1. The Hall–Kier alpha value is -3.11. The lowest BCUT2D eigenvalue weighted by atomic mass is 9.88. The Morgan fingerprint density at radius 2 is 2.29 bits per heavy atom. The highest BCUT2D eigenvalue weighted by atomic mass is 32.1. The summed E-state index contributed by atoms with van der Waals surface area (Å²) in [6, 6.07) is 9.27. The van der Waals surface area contributed by atoms with E-state index in [9.17, 15) is 15.2 Å². The molecule has 1 aromatic carbocycles. The number of ether oxygens (including phenoxy) is 1. The number of esters is 1. The first kappa shape index (κ1) is 18.3. The van der Waals surface area contributed by atoms with Gasteiger partial charge in [-0.1, -0.05) is 19.1 Å². The van der Waals surface area contributed by atoms with Crippen LogP contribution in [-0.2, 0) is 17.6 Å². The van der Waals surface area contributed by atoms with Crippen LogP contribution in [0.25, 0.3) is 16.6 Å². The lowest BCUT2D eigenvalue weighted by Crippen LogP contribution is -2.14. The van der Waals surface area contributed by atoms with Gasteiger partial charge in [0.05, 0.1) is 16.6 Å².